The Balaban J connectivity index is 3.37. The molecule has 0 amide bonds. The van der Waals surface area contributed by atoms with E-state index in [9.17, 15) is 18.9 Å². The molecule has 0 aliphatic heterocycles. The lowest BCUT2D eigenvalue weighted by Gasteiger charge is -2.04. The van der Waals surface area contributed by atoms with E-state index >= 15 is 0 Å². The molecule has 82 valence electrons. The normalized spacial score (nSPS) is 10.7. The summed E-state index contributed by atoms with van der Waals surface area (Å²) in [7, 11) is 0. The van der Waals surface area contributed by atoms with Gasteiger partial charge in [0.25, 0.3) is 6.43 Å². The van der Waals surface area contributed by atoms with Crippen LogP contribution in [-0.4, -0.2) is 9.91 Å². The van der Waals surface area contributed by atoms with Crippen LogP contribution in [0.25, 0.3) is 0 Å². The number of nitrogens with zero attached hydrogens (tertiary/aromatic N) is 2. The average molecular weight is 238 g/mol. The molecule has 1 aromatic heterocycles. The summed E-state index contributed by atoms with van der Waals surface area (Å²) < 4.78 is 24.5. The highest BCUT2D eigenvalue weighted by molar-refractivity contribution is 6.31. The van der Waals surface area contributed by atoms with Gasteiger partial charge in [-0.2, -0.15) is 0 Å². The predicted molar refractivity (Wildman–Crippen MR) is 48.7 cm³/mol. The molecule has 0 atom stereocenters. The molecule has 1 heterocycles. The van der Waals surface area contributed by atoms with Gasteiger partial charge in [-0.1, -0.05) is 11.6 Å². The second-order valence-corrected chi connectivity index (χ2v) is 2.97. The first kappa shape index (κ1) is 11.7. The summed E-state index contributed by atoms with van der Waals surface area (Å²) in [6.07, 6.45) is -2.84. The van der Waals surface area contributed by atoms with Gasteiger partial charge in [0.05, 0.1) is 4.92 Å². The molecule has 2 N–H and O–H groups in total. The van der Waals surface area contributed by atoms with Crippen molar-refractivity contribution in [3.05, 3.63) is 32.6 Å². The second kappa shape index (κ2) is 4.45. The Kier molecular flexibility index (Phi) is 3.48. The van der Waals surface area contributed by atoms with E-state index in [1.165, 1.54) is 0 Å². The number of halogens is 3. The summed E-state index contributed by atoms with van der Waals surface area (Å²) in [5.41, 5.74) is 3.99. The van der Waals surface area contributed by atoms with Crippen LogP contribution < -0.4 is 5.73 Å². The van der Waals surface area contributed by atoms with E-state index in [2.05, 4.69) is 4.98 Å². The van der Waals surface area contributed by atoms with Gasteiger partial charge < -0.3 is 5.73 Å². The summed E-state index contributed by atoms with van der Waals surface area (Å²) >= 11 is 5.41. The van der Waals surface area contributed by atoms with Crippen molar-refractivity contribution < 1.29 is 13.7 Å². The molecule has 0 aliphatic carbocycles. The van der Waals surface area contributed by atoms with Crippen LogP contribution in [0.2, 0.25) is 5.15 Å². The fourth-order valence-electron chi connectivity index (χ4n) is 1.04. The minimum absolute atomic E-state index is 0.0599. The quantitative estimate of drug-likeness (QED) is 0.495. The van der Waals surface area contributed by atoms with Crippen LogP contribution in [0.1, 0.15) is 17.7 Å². The fraction of sp³-hybridized carbons (Fsp3) is 0.286. The monoisotopic (exact) mass is 237 g/mol. The molecule has 1 rings (SSSR count). The van der Waals surface area contributed by atoms with Crippen LogP contribution in [0.4, 0.5) is 14.5 Å². The number of nitro groups is 1. The molecular weight excluding hydrogens is 232 g/mol. The van der Waals surface area contributed by atoms with E-state index < -0.39 is 27.9 Å². The van der Waals surface area contributed by atoms with E-state index in [1.807, 2.05) is 0 Å². The first-order valence-corrected chi connectivity index (χ1v) is 4.17. The van der Waals surface area contributed by atoms with E-state index in [0.29, 0.717) is 0 Å². The lowest BCUT2D eigenvalue weighted by molar-refractivity contribution is -0.385. The van der Waals surface area contributed by atoms with Gasteiger partial charge in [0.2, 0.25) is 5.15 Å². The lowest BCUT2D eigenvalue weighted by Crippen LogP contribution is -2.06. The maximum Gasteiger partial charge on any atom is 0.310 e. The molecule has 0 spiro atoms. The molecule has 0 saturated heterocycles. The smallest absolute Gasteiger partial charge is 0.310 e. The molecular formula is C7H6ClF2N3O2. The number of alkyl halides is 2. The first-order valence-electron chi connectivity index (χ1n) is 3.79. The van der Waals surface area contributed by atoms with Crippen LogP contribution in [0.5, 0.6) is 0 Å². The van der Waals surface area contributed by atoms with Crippen LogP contribution in [-0.2, 0) is 6.54 Å². The van der Waals surface area contributed by atoms with Gasteiger partial charge in [0.15, 0.2) is 0 Å². The third-order valence-corrected chi connectivity index (χ3v) is 1.94. The topological polar surface area (TPSA) is 82.0 Å². The van der Waals surface area contributed by atoms with E-state index in [1.54, 1.807) is 0 Å². The van der Waals surface area contributed by atoms with Gasteiger partial charge in [0, 0.05) is 12.1 Å². The molecule has 8 heteroatoms. The molecule has 5 nitrogen and oxygen atoms in total. The average Bonchev–Trinajstić information content (AvgIpc) is 2.15. The highest BCUT2D eigenvalue weighted by Gasteiger charge is 2.23. The van der Waals surface area contributed by atoms with Crippen LogP contribution in [0, 0.1) is 10.1 Å². The fourth-order valence-corrected chi connectivity index (χ4v) is 1.33. The van der Waals surface area contributed by atoms with Gasteiger partial charge in [-0.05, 0) is 6.07 Å². The Morgan fingerprint density at radius 3 is 2.67 bits per heavy atom. The van der Waals surface area contributed by atoms with E-state index in [0.717, 1.165) is 6.07 Å². The summed E-state index contributed by atoms with van der Waals surface area (Å²) in [5.74, 6) is 0. The molecule has 0 unspecified atom stereocenters. The molecule has 1 aromatic rings. The molecule has 0 fully saturated rings. The van der Waals surface area contributed by atoms with Gasteiger partial charge >= 0.3 is 5.69 Å². The molecule has 0 aliphatic rings. The van der Waals surface area contributed by atoms with Crippen molar-refractivity contribution in [2.24, 2.45) is 5.73 Å². The highest BCUT2D eigenvalue weighted by atomic mass is 35.5. The van der Waals surface area contributed by atoms with Crippen molar-refractivity contribution in [2.45, 2.75) is 13.0 Å². The Labute approximate surface area is 88.0 Å². The first-order chi connectivity index (χ1) is 6.97. The zero-order valence-electron chi connectivity index (χ0n) is 7.28. The van der Waals surface area contributed by atoms with Gasteiger partial charge in [-0.3, -0.25) is 10.1 Å². The third kappa shape index (κ3) is 2.37. The van der Waals surface area contributed by atoms with E-state index in [-0.39, 0.29) is 12.1 Å². The summed E-state index contributed by atoms with van der Waals surface area (Å²) in [4.78, 5) is 12.9. The van der Waals surface area contributed by atoms with Crippen molar-refractivity contribution in [1.82, 2.24) is 4.98 Å². The Bertz CT molecular complexity index is 400. The van der Waals surface area contributed by atoms with Crippen molar-refractivity contribution in [3.63, 3.8) is 0 Å². The summed E-state index contributed by atoms with van der Waals surface area (Å²) in [6.45, 7) is -0.252. The summed E-state index contributed by atoms with van der Waals surface area (Å²) in [6, 6.07) is 0.884. The van der Waals surface area contributed by atoms with Gasteiger partial charge in [-0.15, -0.1) is 0 Å². The predicted octanol–water partition coefficient (Wildman–Crippen LogP) is 2.04. The minimum atomic E-state index is -2.84. The summed E-state index contributed by atoms with van der Waals surface area (Å²) in [5, 5.41) is 9.95. The molecule has 0 aromatic carbocycles. The van der Waals surface area contributed by atoms with Crippen molar-refractivity contribution >= 4 is 17.3 Å². The van der Waals surface area contributed by atoms with E-state index in [4.69, 9.17) is 17.3 Å². The third-order valence-electron chi connectivity index (χ3n) is 1.68. The Morgan fingerprint density at radius 2 is 2.27 bits per heavy atom. The highest BCUT2D eigenvalue weighted by Crippen LogP contribution is 2.30. The molecule has 15 heavy (non-hydrogen) atoms. The van der Waals surface area contributed by atoms with Crippen molar-refractivity contribution in [2.75, 3.05) is 0 Å². The zero-order valence-corrected chi connectivity index (χ0v) is 8.04. The zero-order chi connectivity index (χ0) is 11.6. The number of aromatic nitrogens is 1. The number of nitrogens with two attached hydrogens (primary N) is 1. The molecule has 0 radical (unpaired) electrons. The minimum Gasteiger partial charge on any atom is -0.326 e. The van der Waals surface area contributed by atoms with Gasteiger partial charge in [0.1, 0.15) is 5.69 Å². The molecule has 0 bridgehead atoms. The van der Waals surface area contributed by atoms with Crippen molar-refractivity contribution in [1.29, 1.82) is 0 Å². The molecule has 0 saturated carbocycles. The maximum absolute atomic E-state index is 12.3. The standard InChI is InChI=1S/C7H6ClF2N3O2/c8-6-5(13(14)15)3(2-11)1-4(12-6)7(9)10/h1,7H,2,11H2. The van der Waals surface area contributed by atoms with Crippen molar-refractivity contribution in [3.8, 4) is 0 Å². The van der Waals surface area contributed by atoms with Gasteiger partial charge in [-0.25, -0.2) is 13.8 Å². The lowest BCUT2D eigenvalue weighted by atomic mass is 10.2. The maximum atomic E-state index is 12.3. The Hall–Kier alpha value is -1.34. The number of hydrogen-bond donors (Lipinski definition) is 1. The van der Waals surface area contributed by atoms with Crippen LogP contribution in [0.15, 0.2) is 6.07 Å². The number of hydrogen-bond acceptors (Lipinski definition) is 4. The van der Waals surface area contributed by atoms with Crippen LogP contribution >= 0.6 is 11.6 Å². The van der Waals surface area contributed by atoms with Crippen LogP contribution in [0.3, 0.4) is 0 Å². The second-order valence-electron chi connectivity index (χ2n) is 2.61. The Morgan fingerprint density at radius 1 is 1.67 bits per heavy atom. The SMILES string of the molecule is NCc1cc(C(F)F)nc(Cl)c1[N+](=O)[O-]. The number of pyridine rings is 1. The number of rotatable bonds is 3. The largest absolute Gasteiger partial charge is 0.326 e.